The molecule has 2 aromatic rings. The molecule has 1 heterocycles. The number of aliphatic hydroxyl groups is 1. The van der Waals surface area contributed by atoms with Gasteiger partial charge in [0.15, 0.2) is 11.6 Å². The van der Waals surface area contributed by atoms with Gasteiger partial charge in [0, 0.05) is 12.4 Å². The number of halogens is 5. The molecule has 0 bridgehead atoms. The molecule has 1 N–H and O–H groups in total. The number of aliphatic imine (C=N–C) groups is 1. The summed E-state index contributed by atoms with van der Waals surface area (Å²) in [4.78, 5) is 20.0. The van der Waals surface area contributed by atoms with Crippen molar-refractivity contribution >= 4 is 17.9 Å². The van der Waals surface area contributed by atoms with E-state index in [1.165, 1.54) is 13.1 Å². The monoisotopic (exact) mass is 430 g/mol. The average Bonchev–Trinajstić information content (AvgIpc) is 2.71. The molecule has 0 saturated carbocycles. The standard InChI is InChI=1S/C19H15F5N2O4/c1-2-29-18(28)12(9-25-8-10-5-3-4-6-26-10)16(27)11-7-13(20)15(22)17(14(11)21)30-19(23)24/h3-7,9,19,27H,2,8H2,1H3/b16-12-,25-9?. The van der Waals surface area contributed by atoms with E-state index in [4.69, 9.17) is 4.74 Å². The second-order valence-electron chi connectivity index (χ2n) is 5.52. The lowest BCUT2D eigenvalue weighted by molar-refractivity contribution is -0.137. The minimum Gasteiger partial charge on any atom is -0.506 e. The van der Waals surface area contributed by atoms with E-state index in [0.29, 0.717) is 5.69 Å². The summed E-state index contributed by atoms with van der Waals surface area (Å²) in [6.45, 7) is -2.40. The molecule has 160 valence electrons. The molecule has 0 amide bonds. The second-order valence-corrected chi connectivity index (χ2v) is 5.52. The number of nitrogens with zero attached hydrogens (tertiary/aromatic N) is 2. The highest BCUT2D eigenvalue weighted by molar-refractivity contribution is 6.15. The summed E-state index contributed by atoms with van der Waals surface area (Å²) in [6, 6.07) is 5.14. The predicted octanol–water partition coefficient (Wildman–Crippen LogP) is 4.20. The average molecular weight is 430 g/mol. The minimum absolute atomic E-state index is 0.0446. The smallest absolute Gasteiger partial charge is 0.387 e. The molecule has 11 heteroatoms. The summed E-state index contributed by atoms with van der Waals surface area (Å²) < 4.78 is 75.1. The number of rotatable bonds is 8. The van der Waals surface area contributed by atoms with Crippen LogP contribution in [0.2, 0.25) is 0 Å². The van der Waals surface area contributed by atoms with Gasteiger partial charge >= 0.3 is 12.6 Å². The van der Waals surface area contributed by atoms with Crippen molar-refractivity contribution in [2.24, 2.45) is 4.99 Å². The van der Waals surface area contributed by atoms with E-state index >= 15 is 0 Å². The first kappa shape index (κ1) is 22.8. The van der Waals surface area contributed by atoms with Crippen molar-refractivity contribution in [3.63, 3.8) is 0 Å². The Morgan fingerprint density at radius 1 is 1.27 bits per heavy atom. The van der Waals surface area contributed by atoms with Gasteiger partial charge in [0.2, 0.25) is 11.6 Å². The Morgan fingerprint density at radius 2 is 2.00 bits per heavy atom. The summed E-state index contributed by atoms with van der Waals surface area (Å²) in [5.41, 5.74) is -1.33. The van der Waals surface area contributed by atoms with E-state index in [1.54, 1.807) is 18.2 Å². The zero-order valence-electron chi connectivity index (χ0n) is 15.4. The van der Waals surface area contributed by atoms with Crippen molar-refractivity contribution in [2.45, 2.75) is 20.1 Å². The number of hydrogen-bond acceptors (Lipinski definition) is 6. The lowest BCUT2D eigenvalue weighted by Crippen LogP contribution is -2.13. The predicted molar refractivity (Wildman–Crippen MR) is 95.6 cm³/mol. The van der Waals surface area contributed by atoms with Crippen molar-refractivity contribution in [3.05, 3.63) is 64.7 Å². The molecule has 0 atom stereocenters. The van der Waals surface area contributed by atoms with Gasteiger partial charge in [0.25, 0.3) is 0 Å². The topological polar surface area (TPSA) is 81.0 Å². The van der Waals surface area contributed by atoms with Gasteiger partial charge in [-0.3, -0.25) is 9.98 Å². The molecule has 0 aliphatic carbocycles. The van der Waals surface area contributed by atoms with Gasteiger partial charge in [0.05, 0.1) is 24.4 Å². The SMILES string of the molecule is CCOC(=O)/C(C=NCc1ccccn1)=C(\O)c1cc(F)c(F)c(OC(F)F)c1F. The summed E-state index contributed by atoms with van der Waals surface area (Å²) in [7, 11) is 0. The molecule has 0 unspecified atom stereocenters. The van der Waals surface area contributed by atoms with Gasteiger partial charge in [0.1, 0.15) is 11.3 Å². The summed E-state index contributed by atoms with van der Waals surface area (Å²) in [5.74, 6) is -9.78. The first-order valence-electron chi connectivity index (χ1n) is 8.39. The highest BCUT2D eigenvalue weighted by Crippen LogP contribution is 2.32. The van der Waals surface area contributed by atoms with Crippen molar-refractivity contribution < 1.29 is 41.3 Å². The zero-order valence-corrected chi connectivity index (χ0v) is 15.4. The first-order chi connectivity index (χ1) is 14.3. The Hall–Kier alpha value is -3.50. The molecule has 2 rings (SSSR count). The molecule has 0 aliphatic rings. The lowest BCUT2D eigenvalue weighted by atomic mass is 10.1. The number of esters is 1. The van der Waals surface area contributed by atoms with E-state index in [0.717, 1.165) is 6.21 Å². The van der Waals surface area contributed by atoms with Gasteiger partial charge < -0.3 is 14.6 Å². The molecule has 6 nitrogen and oxygen atoms in total. The molecule has 0 saturated heterocycles. The molecule has 1 aromatic carbocycles. The number of alkyl halides is 2. The third kappa shape index (κ3) is 5.52. The van der Waals surface area contributed by atoms with Gasteiger partial charge in [-0.2, -0.15) is 13.2 Å². The third-order valence-electron chi connectivity index (χ3n) is 3.53. The van der Waals surface area contributed by atoms with E-state index in [2.05, 4.69) is 14.7 Å². The summed E-state index contributed by atoms with van der Waals surface area (Å²) in [6.07, 6.45) is 2.31. The number of aliphatic hydroxyl groups excluding tert-OH is 1. The van der Waals surface area contributed by atoms with Gasteiger partial charge in [-0.1, -0.05) is 6.07 Å². The number of hydrogen-bond donors (Lipinski definition) is 1. The number of aromatic nitrogens is 1. The van der Waals surface area contributed by atoms with Crippen LogP contribution in [0.3, 0.4) is 0 Å². The van der Waals surface area contributed by atoms with Crippen LogP contribution in [0.1, 0.15) is 18.2 Å². The van der Waals surface area contributed by atoms with Crippen molar-refractivity contribution in [2.75, 3.05) is 6.61 Å². The molecule has 0 aliphatic heterocycles. The number of ether oxygens (including phenoxy) is 2. The van der Waals surface area contributed by atoms with Crippen LogP contribution in [0, 0.1) is 17.5 Å². The van der Waals surface area contributed by atoms with Gasteiger partial charge in [-0.15, -0.1) is 0 Å². The van der Waals surface area contributed by atoms with Crippen LogP contribution in [-0.4, -0.2) is 35.5 Å². The van der Waals surface area contributed by atoms with Crippen LogP contribution < -0.4 is 4.74 Å². The fourth-order valence-corrected chi connectivity index (χ4v) is 2.23. The summed E-state index contributed by atoms with van der Waals surface area (Å²) >= 11 is 0. The molecular formula is C19H15F5N2O4. The maximum atomic E-state index is 14.5. The van der Waals surface area contributed by atoms with Crippen LogP contribution in [0.4, 0.5) is 22.0 Å². The van der Waals surface area contributed by atoms with Crippen molar-refractivity contribution in [1.29, 1.82) is 0 Å². The Kier molecular flexibility index (Phi) is 7.84. The number of benzene rings is 1. The molecule has 0 spiro atoms. The lowest BCUT2D eigenvalue weighted by Gasteiger charge is -2.12. The van der Waals surface area contributed by atoms with Crippen LogP contribution in [0.15, 0.2) is 41.0 Å². The minimum atomic E-state index is -3.67. The van der Waals surface area contributed by atoms with Crippen LogP contribution in [0.5, 0.6) is 5.75 Å². The summed E-state index contributed by atoms with van der Waals surface area (Å²) in [5, 5.41) is 10.3. The van der Waals surface area contributed by atoms with Crippen LogP contribution in [-0.2, 0) is 16.1 Å². The van der Waals surface area contributed by atoms with Crippen molar-refractivity contribution in [3.8, 4) is 5.75 Å². The first-order valence-corrected chi connectivity index (χ1v) is 8.39. The van der Waals surface area contributed by atoms with Gasteiger partial charge in [-0.25, -0.2) is 13.6 Å². The van der Waals surface area contributed by atoms with Crippen LogP contribution in [0.25, 0.3) is 5.76 Å². The molecule has 0 fully saturated rings. The third-order valence-corrected chi connectivity index (χ3v) is 3.53. The quantitative estimate of drug-likeness (QED) is 0.170. The number of pyridine rings is 1. The maximum Gasteiger partial charge on any atom is 0.387 e. The van der Waals surface area contributed by atoms with E-state index in [-0.39, 0.29) is 19.2 Å². The zero-order chi connectivity index (χ0) is 22.3. The van der Waals surface area contributed by atoms with E-state index < -0.39 is 52.7 Å². The van der Waals surface area contributed by atoms with Crippen molar-refractivity contribution in [1.82, 2.24) is 4.98 Å². The Bertz CT molecular complexity index is 965. The highest BCUT2D eigenvalue weighted by Gasteiger charge is 2.27. The molecule has 30 heavy (non-hydrogen) atoms. The van der Waals surface area contributed by atoms with Gasteiger partial charge in [-0.05, 0) is 25.1 Å². The fraction of sp³-hybridized carbons (Fsp3) is 0.211. The van der Waals surface area contributed by atoms with Crippen LogP contribution >= 0.6 is 0 Å². The maximum absolute atomic E-state index is 14.5. The molecule has 1 aromatic heterocycles. The molecule has 0 radical (unpaired) electrons. The van der Waals surface area contributed by atoms with E-state index in [1.807, 2.05) is 0 Å². The molecular weight excluding hydrogens is 415 g/mol. The van der Waals surface area contributed by atoms with E-state index in [9.17, 15) is 31.9 Å². The Morgan fingerprint density at radius 3 is 2.60 bits per heavy atom. The largest absolute Gasteiger partial charge is 0.506 e. The second kappa shape index (κ2) is 10.3. The Balaban J connectivity index is 2.53. The Labute approximate surface area is 167 Å². The number of carbonyl (C=O) groups is 1. The number of carbonyl (C=O) groups excluding carboxylic acids is 1. The normalized spacial score (nSPS) is 12.2. The highest BCUT2D eigenvalue weighted by atomic mass is 19.3. The fourth-order valence-electron chi connectivity index (χ4n) is 2.23.